The van der Waals surface area contributed by atoms with Crippen LogP contribution in [0.15, 0.2) is 30.3 Å². The summed E-state index contributed by atoms with van der Waals surface area (Å²) < 4.78 is 10.9. The van der Waals surface area contributed by atoms with Crippen LogP contribution in [-0.4, -0.2) is 30.4 Å². The average Bonchev–Trinajstić information content (AvgIpc) is 2.34. The molecular formula is C14H18O4. The first kappa shape index (κ1) is 13.1. The highest BCUT2D eigenvalue weighted by Crippen LogP contribution is 2.30. The third-order valence-electron chi connectivity index (χ3n) is 3.21. The average molecular weight is 250 g/mol. The second kappa shape index (κ2) is 6.52. The fourth-order valence-corrected chi connectivity index (χ4v) is 2.03. The Morgan fingerprint density at radius 1 is 1.28 bits per heavy atom. The second-order valence-corrected chi connectivity index (χ2v) is 4.58. The molecule has 0 aliphatic heterocycles. The number of ether oxygens (including phenoxy) is 2. The molecule has 2 atom stereocenters. The van der Waals surface area contributed by atoms with Crippen LogP contribution in [0.1, 0.15) is 18.4 Å². The van der Waals surface area contributed by atoms with Gasteiger partial charge < -0.3 is 14.6 Å². The Bertz CT molecular complexity index is 377. The van der Waals surface area contributed by atoms with Gasteiger partial charge in [-0.25, -0.2) is 4.79 Å². The largest absolute Gasteiger partial charge is 0.480 e. The lowest BCUT2D eigenvalue weighted by atomic mass is 9.82. The Morgan fingerprint density at radius 3 is 2.67 bits per heavy atom. The molecule has 1 aromatic rings. The summed E-state index contributed by atoms with van der Waals surface area (Å²) in [7, 11) is 0. The minimum atomic E-state index is -0.911. The quantitative estimate of drug-likeness (QED) is 0.805. The van der Waals surface area contributed by atoms with Crippen molar-refractivity contribution in [3.63, 3.8) is 0 Å². The van der Waals surface area contributed by atoms with Crippen LogP contribution in [0.5, 0.6) is 0 Å². The molecule has 0 aromatic heterocycles. The number of rotatable bonds is 7. The number of aliphatic carboxylic acids is 1. The molecule has 0 amide bonds. The molecule has 18 heavy (non-hydrogen) atoms. The topological polar surface area (TPSA) is 55.8 Å². The van der Waals surface area contributed by atoms with Crippen LogP contribution in [0, 0.1) is 5.92 Å². The maximum Gasteiger partial charge on any atom is 0.329 e. The van der Waals surface area contributed by atoms with Gasteiger partial charge in [0.1, 0.15) is 6.61 Å². The molecule has 1 N–H and O–H groups in total. The van der Waals surface area contributed by atoms with Crippen molar-refractivity contribution in [1.29, 1.82) is 0 Å². The zero-order valence-corrected chi connectivity index (χ0v) is 10.2. The van der Waals surface area contributed by atoms with Crippen molar-refractivity contribution in [2.75, 3.05) is 13.2 Å². The maximum atomic E-state index is 10.4. The number of hydrogen-bond acceptors (Lipinski definition) is 3. The van der Waals surface area contributed by atoms with Gasteiger partial charge in [0.25, 0.3) is 0 Å². The summed E-state index contributed by atoms with van der Waals surface area (Å²) in [6, 6.07) is 10.0. The van der Waals surface area contributed by atoms with Crippen LogP contribution in [0.3, 0.4) is 0 Å². The first-order valence-electron chi connectivity index (χ1n) is 6.21. The minimum Gasteiger partial charge on any atom is -0.480 e. The van der Waals surface area contributed by atoms with Crippen LogP contribution < -0.4 is 0 Å². The fourth-order valence-electron chi connectivity index (χ4n) is 2.03. The fraction of sp³-hybridized carbons (Fsp3) is 0.500. The molecule has 4 heteroatoms. The van der Waals surface area contributed by atoms with E-state index in [1.807, 2.05) is 30.3 Å². The Balaban J connectivity index is 1.63. The van der Waals surface area contributed by atoms with Crippen LogP contribution in [0.4, 0.5) is 0 Å². The smallest absolute Gasteiger partial charge is 0.329 e. The molecule has 1 aliphatic rings. The van der Waals surface area contributed by atoms with Crippen molar-refractivity contribution in [2.24, 2.45) is 5.92 Å². The molecular weight excluding hydrogens is 232 g/mol. The van der Waals surface area contributed by atoms with Gasteiger partial charge in [-0.2, -0.15) is 0 Å². The number of benzene rings is 1. The lowest BCUT2D eigenvalue weighted by Gasteiger charge is -2.35. The van der Waals surface area contributed by atoms with Gasteiger partial charge in [-0.15, -0.1) is 0 Å². The van der Waals surface area contributed by atoms with E-state index in [9.17, 15) is 4.79 Å². The van der Waals surface area contributed by atoms with Gasteiger partial charge in [0.15, 0.2) is 0 Å². The molecule has 1 aliphatic carbocycles. The van der Waals surface area contributed by atoms with E-state index in [-0.39, 0.29) is 12.7 Å². The SMILES string of the molecule is O=C(O)CO[C@H]1CC[C@@H]1COCc1ccccc1. The zero-order valence-electron chi connectivity index (χ0n) is 10.2. The summed E-state index contributed by atoms with van der Waals surface area (Å²) in [4.78, 5) is 10.4. The molecule has 98 valence electrons. The van der Waals surface area contributed by atoms with E-state index in [4.69, 9.17) is 14.6 Å². The van der Waals surface area contributed by atoms with Crippen LogP contribution in [-0.2, 0) is 20.9 Å². The summed E-state index contributed by atoms with van der Waals surface area (Å²) in [6.45, 7) is 1.03. The molecule has 1 saturated carbocycles. The Labute approximate surface area is 107 Å². The van der Waals surface area contributed by atoms with Crippen molar-refractivity contribution in [3.8, 4) is 0 Å². The van der Waals surface area contributed by atoms with E-state index in [1.165, 1.54) is 0 Å². The van der Waals surface area contributed by atoms with Crippen LogP contribution in [0.25, 0.3) is 0 Å². The van der Waals surface area contributed by atoms with Crippen molar-refractivity contribution < 1.29 is 19.4 Å². The van der Waals surface area contributed by atoms with E-state index >= 15 is 0 Å². The molecule has 0 spiro atoms. The highest BCUT2D eigenvalue weighted by atomic mass is 16.5. The molecule has 1 aromatic carbocycles. The third-order valence-corrected chi connectivity index (χ3v) is 3.21. The molecule has 0 radical (unpaired) electrons. The Hall–Kier alpha value is -1.39. The van der Waals surface area contributed by atoms with E-state index in [1.54, 1.807) is 0 Å². The van der Waals surface area contributed by atoms with Gasteiger partial charge in [0, 0.05) is 5.92 Å². The minimum absolute atomic E-state index is 0.0527. The monoisotopic (exact) mass is 250 g/mol. The van der Waals surface area contributed by atoms with Crippen molar-refractivity contribution >= 4 is 5.97 Å². The van der Waals surface area contributed by atoms with Gasteiger partial charge in [-0.3, -0.25) is 0 Å². The number of carboxylic acid groups (broad SMARTS) is 1. The van der Waals surface area contributed by atoms with Gasteiger partial charge in [-0.05, 0) is 18.4 Å². The Kier molecular flexibility index (Phi) is 4.73. The third kappa shape index (κ3) is 3.82. The van der Waals surface area contributed by atoms with Crippen molar-refractivity contribution in [3.05, 3.63) is 35.9 Å². The van der Waals surface area contributed by atoms with Gasteiger partial charge in [-0.1, -0.05) is 30.3 Å². The first-order chi connectivity index (χ1) is 8.75. The first-order valence-corrected chi connectivity index (χ1v) is 6.21. The van der Waals surface area contributed by atoms with E-state index in [0.717, 1.165) is 18.4 Å². The van der Waals surface area contributed by atoms with Crippen LogP contribution >= 0.6 is 0 Å². The van der Waals surface area contributed by atoms with Crippen molar-refractivity contribution in [2.45, 2.75) is 25.6 Å². The van der Waals surface area contributed by atoms with Gasteiger partial charge in [0.05, 0.1) is 19.3 Å². The van der Waals surface area contributed by atoms with E-state index < -0.39 is 5.97 Å². The molecule has 0 unspecified atom stereocenters. The summed E-state index contributed by atoms with van der Waals surface area (Å²) in [5.74, 6) is -0.570. The zero-order chi connectivity index (χ0) is 12.8. The lowest BCUT2D eigenvalue weighted by molar-refractivity contribution is -0.150. The summed E-state index contributed by atoms with van der Waals surface area (Å²) in [5, 5.41) is 8.54. The standard InChI is InChI=1S/C14H18O4/c15-14(16)10-18-13-7-6-12(13)9-17-8-11-4-2-1-3-5-11/h1-5,12-13H,6-10H2,(H,15,16)/t12-,13+/m1/s1. The summed E-state index contributed by atoms with van der Waals surface area (Å²) in [5.41, 5.74) is 1.15. The highest BCUT2D eigenvalue weighted by Gasteiger charge is 2.32. The number of carboxylic acids is 1. The predicted molar refractivity (Wildman–Crippen MR) is 66.2 cm³/mol. The maximum absolute atomic E-state index is 10.4. The summed E-state index contributed by atoms with van der Waals surface area (Å²) >= 11 is 0. The molecule has 2 rings (SSSR count). The highest BCUT2D eigenvalue weighted by molar-refractivity contribution is 5.68. The Morgan fingerprint density at radius 2 is 2.06 bits per heavy atom. The van der Waals surface area contributed by atoms with Gasteiger partial charge >= 0.3 is 5.97 Å². The molecule has 0 bridgehead atoms. The van der Waals surface area contributed by atoms with E-state index in [2.05, 4.69) is 0 Å². The van der Waals surface area contributed by atoms with Crippen molar-refractivity contribution in [1.82, 2.24) is 0 Å². The van der Waals surface area contributed by atoms with Crippen LogP contribution in [0.2, 0.25) is 0 Å². The molecule has 0 saturated heterocycles. The molecule has 0 heterocycles. The normalized spacial score (nSPS) is 22.4. The molecule has 4 nitrogen and oxygen atoms in total. The number of hydrogen-bond donors (Lipinski definition) is 1. The predicted octanol–water partition coefficient (Wildman–Crippen LogP) is 2.08. The number of carbonyl (C=O) groups is 1. The molecule has 1 fully saturated rings. The van der Waals surface area contributed by atoms with E-state index in [0.29, 0.717) is 19.1 Å². The van der Waals surface area contributed by atoms with Gasteiger partial charge in [0.2, 0.25) is 0 Å². The second-order valence-electron chi connectivity index (χ2n) is 4.58. The summed E-state index contributed by atoms with van der Waals surface area (Å²) in [6.07, 6.45) is 2.04. The lowest BCUT2D eigenvalue weighted by Crippen LogP contribution is -2.38.